The molecule has 3 rings (SSSR count). The summed E-state index contributed by atoms with van der Waals surface area (Å²) < 4.78 is 0. The van der Waals surface area contributed by atoms with Gasteiger partial charge in [0.15, 0.2) is 0 Å². The van der Waals surface area contributed by atoms with E-state index in [4.69, 9.17) is 0 Å². The Balaban J connectivity index is 1.35. The fourth-order valence-electron chi connectivity index (χ4n) is 3.91. The molecule has 0 atom stereocenters. The molecule has 0 bridgehead atoms. The first kappa shape index (κ1) is 20.4. The van der Waals surface area contributed by atoms with Gasteiger partial charge in [-0.25, -0.2) is 0 Å². The molecule has 0 unspecified atom stereocenters. The van der Waals surface area contributed by atoms with Gasteiger partial charge in [-0.05, 0) is 49.3 Å². The van der Waals surface area contributed by atoms with Crippen molar-refractivity contribution < 1.29 is 0 Å². The largest absolute Gasteiger partial charge is 0.315 e. The molecule has 1 N–H and O–H groups in total. The molecule has 3 heteroatoms. The predicted octanol–water partition coefficient (Wildman–Crippen LogP) is 5.59. The Hall–Kier alpha value is -1.29. The van der Waals surface area contributed by atoms with Crippen LogP contribution in [0.2, 0.25) is 0 Å². The normalized spacial score (nSPS) is 15.3. The molecule has 27 heavy (non-hydrogen) atoms. The monoisotopic (exact) mass is 382 g/mol. The van der Waals surface area contributed by atoms with Crippen LogP contribution in [0.5, 0.6) is 0 Å². The fraction of sp³-hybridized carbons (Fsp3) is 0.500. The molecule has 0 amide bonds. The van der Waals surface area contributed by atoms with Crippen molar-refractivity contribution in [3.8, 4) is 0 Å². The summed E-state index contributed by atoms with van der Waals surface area (Å²) in [5.41, 5.74) is 1.45. The van der Waals surface area contributed by atoms with Gasteiger partial charge in [-0.3, -0.25) is 4.90 Å². The van der Waals surface area contributed by atoms with Gasteiger partial charge in [-0.1, -0.05) is 67.8 Å². The Labute approximate surface area is 169 Å². The van der Waals surface area contributed by atoms with E-state index in [1.807, 2.05) is 11.8 Å². The summed E-state index contributed by atoms with van der Waals surface area (Å²) in [5.74, 6) is 1.19. The van der Waals surface area contributed by atoms with E-state index in [-0.39, 0.29) is 0 Å². The Morgan fingerprint density at radius 3 is 2.30 bits per heavy atom. The van der Waals surface area contributed by atoms with Crippen LogP contribution in [-0.2, 0) is 6.54 Å². The second-order valence-corrected chi connectivity index (χ2v) is 8.68. The highest BCUT2D eigenvalue weighted by Gasteiger charge is 2.20. The lowest BCUT2D eigenvalue weighted by Gasteiger charge is -2.34. The lowest BCUT2D eigenvalue weighted by Crippen LogP contribution is -2.40. The summed E-state index contributed by atoms with van der Waals surface area (Å²) >= 11 is 1.96. The van der Waals surface area contributed by atoms with Gasteiger partial charge in [0.1, 0.15) is 0 Å². The van der Waals surface area contributed by atoms with E-state index in [9.17, 15) is 0 Å². The van der Waals surface area contributed by atoms with Gasteiger partial charge >= 0.3 is 0 Å². The topological polar surface area (TPSA) is 15.3 Å². The van der Waals surface area contributed by atoms with E-state index in [2.05, 4.69) is 70.9 Å². The van der Waals surface area contributed by atoms with E-state index in [1.165, 1.54) is 54.7 Å². The van der Waals surface area contributed by atoms with E-state index >= 15 is 0 Å². The molecule has 0 saturated heterocycles. The van der Waals surface area contributed by atoms with Crippen LogP contribution in [0.3, 0.4) is 0 Å². The molecule has 1 aliphatic carbocycles. The molecule has 2 aromatic rings. The van der Waals surface area contributed by atoms with Gasteiger partial charge in [-0.15, -0.1) is 11.8 Å². The highest BCUT2D eigenvalue weighted by atomic mass is 32.2. The maximum Gasteiger partial charge on any atom is 0.0237 e. The number of hydrogen-bond donors (Lipinski definition) is 1. The zero-order valence-corrected chi connectivity index (χ0v) is 17.3. The van der Waals surface area contributed by atoms with Crippen molar-refractivity contribution in [2.75, 3.05) is 25.4 Å². The van der Waals surface area contributed by atoms with Crippen molar-refractivity contribution in [2.45, 2.75) is 56.0 Å². The van der Waals surface area contributed by atoms with Crippen molar-refractivity contribution in [3.05, 3.63) is 66.2 Å². The zero-order chi connectivity index (χ0) is 18.6. The summed E-state index contributed by atoms with van der Waals surface area (Å²) in [6.07, 6.45) is 8.20. The first-order valence-electron chi connectivity index (χ1n) is 10.6. The maximum absolute atomic E-state index is 3.67. The predicted molar refractivity (Wildman–Crippen MR) is 118 cm³/mol. The van der Waals surface area contributed by atoms with E-state index in [0.717, 1.165) is 32.2 Å². The van der Waals surface area contributed by atoms with Crippen LogP contribution >= 0.6 is 11.8 Å². The first-order chi connectivity index (χ1) is 13.4. The van der Waals surface area contributed by atoms with Crippen LogP contribution in [0.4, 0.5) is 0 Å². The Morgan fingerprint density at radius 1 is 0.852 bits per heavy atom. The average molecular weight is 383 g/mol. The molecule has 1 saturated carbocycles. The number of nitrogens with zero attached hydrogens (tertiary/aromatic N) is 1. The summed E-state index contributed by atoms with van der Waals surface area (Å²) in [4.78, 5) is 4.10. The Bertz CT molecular complexity index is 611. The molecule has 2 nitrogen and oxygen atoms in total. The second kappa shape index (κ2) is 12.2. The molecule has 1 fully saturated rings. The third-order valence-electron chi connectivity index (χ3n) is 5.41. The van der Waals surface area contributed by atoms with Crippen molar-refractivity contribution >= 4 is 11.8 Å². The number of nitrogens with one attached hydrogen (secondary N) is 1. The van der Waals surface area contributed by atoms with E-state index in [1.54, 1.807) is 0 Å². The minimum atomic E-state index is 0.773. The van der Waals surface area contributed by atoms with Gasteiger partial charge < -0.3 is 5.32 Å². The SMILES string of the molecule is c1ccc(CN(CCNCCCSc2ccccc2)C2CCCCC2)cc1. The van der Waals surface area contributed by atoms with Gasteiger partial charge in [0, 0.05) is 30.6 Å². The molecular weight excluding hydrogens is 348 g/mol. The molecule has 0 aliphatic heterocycles. The van der Waals surface area contributed by atoms with Crippen molar-refractivity contribution in [1.29, 1.82) is 0 Å². The zero-order valence-electron chi connectivity index (χ0n) is 16.5. The van der Waals surface area contributed by atoms with Crippen molar-refractivity contribution in [1.82, 2.24) is 10.2 Å². The minimum absolute atomic E-state index is 0.773. The van der Waals surface area contributed by atoms with Gasteiger partial charge in [0.2, 0.25) is 0 Å². The maximum atomic E-state index is 3.67. The third kappa shape index (κ3) is 7.69. The van der Waals surface area contributed by atoms with Crippen LogP contribution in [0.1, 0.15) is 44.1 Å². The molecule has 0 radical (unpaired) electrons. The summed E-state index contributed by atoms with van der Waals surface area (Å²) in [7, 11) is 0. The average Bonchev–Trinajstić information content (AvgIpc) is 2.74. The molecular formula is C24H34N2S. The molecule has 0 spiro atoms. The summed E-state index contributed by atoms with van der Waals surface area (Å²) in [5, 5.41) is 3.67. The fourth-order valence-corrected chi connectivity index (χ4v) is 4.78. The molecule has 0 aromatic heterocycles. The smallest absolute Gasteiger partial charge is 0.0237 e. The van der Waals surface area contributed by atoms with Crippen LogP contribution in [0, 0.1) is 0 Å². The highest BCUT2D eigenvalue weighted by molar-refractivity contribution is 7.99. The molecule has 0 heterocycles. The first-order valence-corrected chi connectivity index (χ1v) is 11.6. The van der Waals surface area contributed by atoms with Crippen molar-refractivity contribution in [2.24, 2.45) is 0 Å². The summed E-state index contributed by atoms with van der Waals surface area (Å²) in [6, 6.07) is 22.5. The van der Waals surface area contributed by atoms with Gasteiger partial charge in [0.25, 0.3) is 0 Å². The lowest BCUT2D eigenvalue weighted by atomic mass is 9.94. The van der Waals surface area contributed by atoms with E-state index < -0.39 is 0 Å². The molecule has 1 aliphatic rings. The van der Waals surface area contributed by atoms with Crippen LogP contribution in [0.25, 0.3) is 0 Å². The van der Waals surface area contributed by atoms with Gasteiger partial charge in [-0.2, -0.15) is 0 Å². The molecule has 2 aromatic carbocycles. The Kier molecular flexibility index (Phi) is 9.26. The van der Waals surface area contributed by atoms with Crippen LogP contribution in [-0.4, -0.2) is 36.3 Å². The summed E-state index contributed by atoms with van der Waals surface area (Å²) in [6.45, 7) is 4.46. The number of benzene rings is 2. The number of thioether (sulfide) groups is 1. The third-order valence-corrected chi connectivity index (χ3v) is 6.50. The minimum Gasteiger partial charge on any atom is -0.315 e. The number of hydrogen-bond acceptors (Lipinski definition) is 3. The standard InChI is InChI=1S/C24H34N2S/c1-4-11-22(12-5-1)21-26(23-13-6-2-7-14-23)19-18-25-17-10-20-27-24-15-8-3-9-16-24/h1,3-5,8-9,11-12,15-16,23,25H,2,6-7,10,13-14,17-21H2. The van der Waals surface area contributed by atoms with Crippen LogP contribution in [0.15, 0.2) is 65.6 Å². The quantitative estimate of drug-likeness (QED) is 0.403. The second-order valence-electron chi connectivity index (χ2n) is 7.51. The number of rotatable bonds is 11. The van der Waals surface area contributed by atoms with Crippen molar-refractivity contribution in [3.63, 3.8) is 0 Å². The lowest BCUT2D eigenvalue weighted by molar-refractivity contribution is 0.149. The molecule has 146 valence electrons. The van der Waals surface area contributed by atoms with E-state index in [0.29, 0.717) is 0 Å². The highest BCUT2D eigenvalue weighted by Crippen LogP contribution is 2.24. The van der Waals surface area contributed by atoms with Gasteiger partial charge in [0.05, 0.1) is 0 Å². The Morgan fingerprint density at radius 2 is 1.56 bits per heavy atom. The van der Waals surface area contributed by atoms with Crippen LogP contribution < -0.4 is 5.32 Å².